The molecule has 1 fully saturated rings. The number of imidazole rings is 1. The minimum atomic E-state index is -1.29. The summed E-state index contributed by atoms with van der Waals surface area (Å²) in [5, 5.41) is 42.3. The molecule has 2 aromatic heterocycles. The third-order valence-corrected chi connectivity index (χ3v) is 5.07. The van der Waals surface area contributed by atoms with Crippen LogP contribution in [0.15, 0.2) is 24.5 Å². The zero-order chi connectivity index (χ0) is 21.4. The smallest absolute Gasteiger partial charge is 0.226 e. The first kappa shape index (κ1) is 20.6. The summed E-state index contributed by atoms with van der Waals surface area (Å²) in [7, 11) is 1.50. The molecule has 3 aromatic rings. The van der Waals surface area contributed by atoms with Crippen LogP contribution in [0.5, 0.6) is 11.5 Å². The topological polar surface area (TPSA) is 155 Å². The fourth-order valence-electron chi connectivity index (χ4n) is 3.37. The number of benzene rings is 1. The van der Waals surface area contributed by atoms with E-state index in [9.17, 15) is 20.4 Å². The molecule has 1 saturated heterocycles. The van der Waals surface area contributed by atoms with Crippen molar-refractivity contribution < 1.29 is 29.9 Å². The Balaban J connectivity index is 1.65. The summed E-state index contributed by atoms with van der Waals surface area (Å²) in [6.45, 7) is -0.148. The number of halogens is 1. The highest BCUT2D eigenvalue weighted by molar-refractivity contribution is 6.28. The van der Waals surface area contributed by atoms with E-state index in [0.29, 0.717) is 23.6 Å². The molecule has 30 heavy (non-hydrogen) atoms. The van der Waals surface area contributed by atoms with Crippen LogP contribution in [0.3, 0.4) is 0 Å². The second-order valence-electron chi connectivity index (χ2n) is 6.74. The Morgan fingerprint density at radius 3 is 2.77 bits per heavy atom. The molecule has 11 nitrogen and oxygen atoms in total. The highest BCUT2D eigenvalue weighted by Crippen LogP contribution is 2.33. The quantitative estimate of drug-likeness (QED) is 0.342. The number of nitrogens with zero attached hydrogens (tertiary/aromatic N) is 4. The van der Waals surface area contributed by atoms with Crippen LogP contribution in [-0.2, 0) is 11.3 Å². The van der Waals surface area contributed by atoms with Crippen molar-refractivity contribution in [1.29, 1.82) is 0 Å². The summed E-state index contributed by atoms with van der Waals surface area (Å²) < 4.78 is 12.2. The molecule has 12 heteroatoms. The molecule has 1 aliphatic rings. The number of aromatic nitrogens is 4. The standard InChI is InChI=1S/C18H20ClN5O6/c1-29-10-4-9(26)3-2-8(10)5-20-15-12-16(23-18(19)22-15)24(7-21-12)17-14(28)13(27)11(6-25)30-17/h2-4,7,11,13-14,17,25-28H,5-6H2,1H3,(H,20,22,23)/t11-,13-,14-,17-/m1/s1. The van der Waals surface area contributed by atoms with Gasteiger partial charge in [0.1, 0.15) is 29.8 Å². The zero-order valence-corrected chi connectivity index (χ0v) is 16.6. The van der Waals surface area contributed by atoms with E-state index in [2.05, 4.69) is 20.3 Å². The normalized spacial score (nSPS) is 23.8. The van der Waals surface area contributed by atoms with Gasteiger partial charge >= 0.3 is 0 Å². The van der Waals surface area contributed by atoms with Crippen LogP contribution >= 0.6 is 11.6 Å². The van der Waals surface area contributed by atoms with E-state index in [1.54, 1.807) is 12.1 Å². The van der Waals surface area contributed by atoms with Crippen molar-refractivity contribution in [3.63, 3.8) is 0 Å². The highest BCUT2D eigenvalue weighted by atomic mass is 35.5. The molecule has 0 aliphatic carbocycles. The first-order valence-electron chi connectivity index (χ1n) is 9.05. The number of ether oxygens (including phenoxy) is 2. The first-order chi connectivity index (χ1) is 14.4. The number of fused-ring (bicyclic) bond motifs is 1. The van der Waals surface area contributed by atoms with Crippen LogP contribution in [-0.4, -0.2) is 72.0 Å². The number of anilines is 1. The van der Waals surface area contributed by atoms with E-state index in [1.807, 2.05) is 0 Å². The van der Waals surface area contributed by atoms with Gasteiger partial charge in [-0.25, -0.2) is 4.98 Å². The average molecular weight is 438 g/mol. The fourth-order valence-corrected chi connectivity index (χ4v) is 3.53. The predicted molar refractivity (Wildman–Crippen MR) is 105 cm³/mol. The molecular weight excluding hydrogens is 418 g/mol. The number of aliphatic hydroxyl groups is 3. The number of nitrogens with one attached hydrogen (secondary N) is 1. The van der Waals surface area contributed by atoms with Gasteiger partial charge in [0, 0.05) is 18.2 Å². The van der Waals surface area contributed by atoms with Crippen LogP contribution in [0.25, 0.3) is 11.2 Å². The SMILES string of the molecule is COc1cc(O)ccc1CNc1nc(Cl)nc2c1ncn2[C@@H]1O[C@H](CO)[C@@H](O)[C@H]1O. The van der Waals surface area contributed by atoms with Gasteiger partial charge in [-0.1, -0.05) is 0 Å². The minimum Gasteiger partial charge on any atom is -0.508 e. The van der Waals surface area contributed by atoms with E-state index >= 15 is 0 Å². The molecule has 0 radical (unpaired) electrons. The third kappa shape index (κ3) is 3.61. The Morgan fingerprint density at radius 1 is 1.27 bits per heavy atom. The van der Waals surface area contributed by atoms with Crippen LogP contribution in [0, 0.1) is 0 Å². The monoisotopic (exact) mass is 437 g/mol. The molecule has 160 valence electrons. The lowest BCUT2D eigenvalue weighted by atomic mass is 10.1. The van der Waals surface area contributed by atoms with E-state index < -0.39 is 31.1 Å². The van der Waals surface area contributed by atoms with Crippen molar-refractivity contribution >= 4 is 28.6 Å². The average Bonchev–Trinajstić information content (AvgIpc) is 3.27. The number of phenolic OH excluding ortho intramolecular Hbond substituents is 1. The molecule has 4 atom stereocenters. The molecule has 3 heterocycles. The Labute approximate surface area is 175 Å². The van der Waals surface area contributed by atoms with Crippen LogP contribution in [0.1, 0.15) is 11.8 Å². The van der Waals surface area contributed by atoms with Gasteiger partial charge in [-0.2, -0.15) is 9.97 Å². The predicted octanol–water partition coefficient (Wildman–Crippen LogP) is 0.417. The molecule has 5 N–H and O–H groups in total. The van der Waals surface area contributed by atoms with Crippen LogP contribution < -0.4 is 10.1 Å². The number of hydrogen-bond acceptors (Lipinski definition) is 10. The van der Waals surface area contributed by atoms with Crippen molar-refractivity contribution in [2.75, 3.05) is 19.0 Å². The molecule has 0 amide bonds. The van der Waals surface area contributed by atoms with Gasteiger partial charge in [-0.3, -0.25) is 4.57 Å². The summed E-state index contributed by atoms with van der Waals surface area (Å²) in [5.41, 5.74) is 1.42. The maximum Gasteiger partial charge on any atom is 0.226 e. The number of methoxy groups -OCH3 is 1. The van der Waals surface area contributed by atoms with E-state index in [1.165, 1.54) is 24.1 Å². The zero-order valence-electron chi connectivity index (χ0n) is 15.8. The molecule has 0 spiro atoms. The van der Waals surface area contributed by atoms with Gasteiger partial charge in [-0.15, -0.1) is 0 Å². The summed E-state index contributed by atoms with van der Waals surface area (Å²) in [6, 6.07) is 4.74. The van der Waals surface area contributed by atoms with E-state index in [0.717, 1.165) is 5.56 Å². The van der Waals surface area contributed by atoms with Gasteiger partial charge in [-0.05, 0) is 23.7 Å². The van der Waals surface area contributed by atoms with Gasteiger partial charge in [0.05, 0.1) is 20.0 Å². The Bertz CT molecular complexity index is 1060. The number of phenols is 1. The van der Waals surface area contributed by atoms with Gasteiger partial charge in [0.25, 0.3) is 0 Å². The second-order valence-corrected chi connectivity index (χ2v) is 7.08. The molecule has 0 bridgehead atoms. The van der Waals surface area contributed by atoms with Crippen LogP contribution in [0.2, 0.25) is 5.28 Å². The lowest BCUT2D eigenvalue weighted by Gasteiger charge is -2.16. The summed E-state index contributed by atoms with van der Waals surface area (Å²) >= 11 is 6.09. The fraction of sp³-hybridized carbons (Fsp3) is 0.389. The van der Waals surface area contributed by atoms with Crippen molar-refractivity contribution in [3.8, 4) is 11.5 Å². The molecule has 4 rings (SSSR count). The maximum absolute atomic E-state index is 10.3. The number of rotatable bonds is 6. The van der Waals surface area contributed by atoms with Gasteiger partial charge < -0.3 is 35.2 Å². The third-order valence-electron chi connectivity index (χ3n) is 4.90. The lowest BCUT2D eigenvalue weighted by Crippen LogP contribution is -2.33. The van der Waals surface area contributed by atoms with Crippen LogP contribution in [0.4, 0.5) is 5.82 Å². The Kier molecular flexibility index (Phi) is 5.62. The van der Waals surface area contributed by atoms with Crippen molar-refractivity contribution in [2.24, 2.45) is 0 Å². The Morgan fingerprint density at radius 2 is 2.07 bits per heavy atom. The number of hydrogen-bond donors (Lipinski definition) is 5. The van der Waals surface area contributed by atoms with E-state index in [4.69, 9.17) is 21.1 Å². The number of aromatic hydroxyl groups is 1. The van der Waals surface area contributed by atoms with Gasteiger partial charge in [0.2, 0.25) is 5.28 Å². The summed E-state index contributed by atoms with van der Waals surface area (Å²) in [4.78, 5) is 12.6. The molecule has 1 aromatic carbocycles. The second kappa shape index (κ2) is 8.20. The first-order valence-corrected chi connectivity index (χ1v) is 9.43. The van der Waals surface area contributed by atoms with Crippen molar-refractivity contribution in [1.82, 2.24) is 19.5 Å². The maximum atomic E-state index is 10.3. The molecule has 0 saturated carbocycles. The Hall–Kier alpha value is -2.70. The largest absolute Gasteiger partial charge is 0.508 e. The molecule has 0 unspecified atom stereocenters. The van der Waals surface area contributed by atoms with Gasteiger partial charge in [0.15, 0.2) is 23.2 Å². The van der Waals surface area contributed by atoms with E-state index in [-0.39, 0.29) is 16.7 Å². The summed E-state index contributed by atoms with van der Waals surface area (Å²) in [6.07, 6.45) is -3.08. The minimum absolute atomic E-state index is 0.0591. The van der Waals surface area contributed by atoms with Crippen molar-refractivity contribution in [3.05, 3.63) is 35.4 Å². The highest BCUT2D eigenvalue weighted by Gasteiger charge is 2.44. The molecule has 1 aliphatic heterocycles. The van der Waals surface area contributed by atoms with Crippen molar-refractivity contribution in [2.45, 2.75) is 31.1 Å². The summed E-state index contributed by atoms with van der Waals surface area (Å²) in [5.74, 6) is 0.918. The lowest BCUT2D eigenvalue weighted by molar-refractivity contribution is -0.0511. The number of aliphatic hydroxyl groups excluding tert-OH is 3. The molecular formula is C18H20ClN5O6.